The first-order valence-electron chi connectivity index (χ1n) is 8.39. The SMILES string of the molecule is C#C.C#C.NC1CCCCC1.OCc1nc2c(cnc3cccnc32)[nH]1. The van der Waals surface area contributed by atoms with Gasteiger partial charge in [0.1, 0.15) is 23.5 Å². The van der Waals surface area contributed by atoms with Crippen LogP contribution in [0, 0.1) is 25.7 Å². The van der Waals surface area contributed by atoms with Crippen LogP contribution in [0.15, 0.2) is 24.5 Å². The van der Waals surface area contributed by atoms with E-state index < -0.39 is 0 Å². The lowest BCUT2D eigenvalue weighted by molar-refractivity contribution is 0.273. The van der Waals surface area contributed by atoms with Gasteiger partial charge in [-0.15, -0.1) is 25.7 Å². The summed E-state index contributed by atoms with van der Waals surface area (Å²) in [5.74, 6) is 0.532. The van der Waals surface area contributed by atoms with Crippen LogP contribution in [-0.4, -0.2) is 31.1 Å². The van der Waals surface area contributed by atoms with E-state index in [1.54, 1.807) is 12.4 Å². The summed E-state index contributed by atoms with van der Waals surface area (Å²) in [6.07, 6.45) is 26.1. The number of nitrogens with one attached hydrogen (secondary N) is 1. The Hall–Kier alpha value is -2.93. The fourth-order valence-corrected chi connectivity index (χ4v) is 2.74. The van der Waals surface area contributed by atoms with E-state index in [1.165, 1.54) is 32.1 Å². The van der Waals surface area contributed by atoms with E-state index in [1.807, 2.05) is 12.1 Å². The Morgan fingerprint density at radius 1 is 1.08 bits per heavy atom. The highest BCUT2D eigenvalue weighted by Gasteiger charge is 2.07. The lowest BCUT2D eigenvalue weighted by Gasteiger charge is -2.15. The van der Waals surface area contributed by atoms with E-state index >= 15 is 0 Å². The maximum absolute atomic E-state index is 8.98. The van der Waals surface area contributed by atoms with E-state index in [-0.39, 0.29) is 6.61 Å². The number of imidazole rings is 1. The average Bonchev–Trinajstić information content (AvgIpc) is 3.16. The molecule has 0 unspecified atom stereocenters. The second-order valence-electron chi connectivity index (χ2n) is 5.63. The minimum atomic E-state index is -0.108. The van der Waals surface area contributed by atoms with Gasteiger partial charge in [-0.2, -0.15) is 0 Å². The first-order valence-corrected chi connectivity index (χ1v) is 8.39. The largest absolute Gasteiger partial charge is 0.388 e. The standard InChI is InChI=1S/C10H8N4O.C6H13N.2C2H2/c15-5-8-13-7-4-12-6-2-1-3-11-9(6)10(7)14-8;7-6-4-2-1-3-5-6;2*1-2/h1-4,15H,5H2,(H,13,14);6H,1-5,7H2;2*1-2H. The van der Waals surface area contributed by atoms with E-state index in [2.05, 4.69) is 45.6 Å². The van der Waals surface area contributed by atoms with Crippen LogP contribution in [-0.2, 0) is 6.61 Å². The third-order valence-corrected chi connectivity index (χ3v) is 3.92. The minimum Gasteiger partial charge on any atom is -0.388 e. The summed E-state index contributed by atoms with van der Waals surface area (Å²) in [5.41, 5.74) is 8.75. The minimum absolute atomic E-state index is 0.108. The summed E-state index contributed by atoms with van der Waals surface area (Å²) < 4.78 is 0. The molecule has 26 heavy (non-hydrogen) atoms. The Labute approximate surface area is 154 Å². The summed E-state index contributed by atoms with van der Waals surface area (Å²) in [7, 11) is 0. The van der Waals surface area contributed by atoms with E-state index in [9.17, 15) is 0 Å². The molecule has 0 atom stereocenters. The molecule has 1 fully saturated rings. The number of nitrogens with zero attached hydrogens (tertiary/aromatic N) is 3. The highest BCUT2D eigenvalue weighted by Crippen LogP contribution is 2.19. The average molecular weight is 351 g/mol. The van der Waals surface area contributed by atoms with Crippen LogP contribution in [0.25, 0.3) is 22.1 Å². The maximum Gasteiger partial charge on any atom is 0.133 e. The third-order valence-electron chi connectivity index (χ3n) is 3.92. The van der Waals surface area contributed by atoms with Crippen molar-refractivity contribution in [2.24, 2.45) is 5.73 Å². The van der Waals surface area contributed by atoms with Crippen LogP contribution >= 0.6 is 0 Å². The molecule has 0 aromatic carbocycles. The van der Waals surface area contributed by atoms with Gasteiger partial charge < -0.3 is 15.8 Å². The van der Waals surface area contributed by atoms with E-state index in [4.69, 9.17) is 10.8 Å². The Morgan fingerprint density at radius 2 is 1.77 bits per heavy atom. The first-order chi connectivity index (χ1) is 12.8. The molecule has 0 aliphatic heterocycles. The zero-order valence-electron chi connectivity index (χ0n) is 14.8. The molecule has 136 valence electrons. The van der Waals surface area contributed by atoms with Crippen molar-refractivity contribution >= 4 is 22.1 Å². The number of aliphatic hydroxyl groups is 1. The van der Waals surface area contributed by atoms with Crippen molar-refractivity contribution in [1.29, 1.82) is 0 Å². The van der Waals surface area contributed by atoms with Gasteiger partial charge in [0.05, 0.1) is 17.2 Å². The molecule has 3 aromatic rings. The van der Waals surface area contributed by atoms with Gasteiger partial charge in [-0.25, -0.2) is 4.98 Å². The lowest BCUT2D eigenvalue weighted by Crippen LogP contribution is -2.22. The highest BCUT2D eigenvalue weighted by molar-refractivity contribution is 5.98. The Balaban J connectivity index is 0.000000260. The highest BCUT2D eigenvalue weighted by atomic mass is 16.3. The molecule has 3 aromatic heterocycles. The molecule has 1 aliphatic carbocycles. The molecule has 1 aliphatic rings. The molecule has 0 amide bonds. The number of hydrogen-bond donors (Lipinski definition) is 3. The van der Waals surface area contributed by atoms with Crippen LogP contribution in [0.4, 0.5) is 0 Å². The quantitative estimate of drug-likeness (QED) is 0.585. The monoisotopic (exact) mass is 351 g/mol. The van der Waals surface area contributed by atoms with Crippen molar-refractivity contribution in [3.8, 4) is 25.7 Å². The van der Waals surface area contributed by atoms with Crippen molar-refractivity contribution in [2.75, 3.05) is 0 Å². The Morgan fingerprint density at radius 3 is 2.35 bits per heavy atom. The topological polar surface area (TPSA) is 101 Å². The van der Waals surface area contributed by atoms with E-state index in [0.717, 1.165) is 22.1 Å². The van der Waals surface area contributed by atoms with Crippen molar-refractivity contribution in [3.05, 3.63) is 30.4 Å². The van der Waals surface area contributed by atoms with Gasteiger partial charge in [-0.3, -0.25) is 9.97 Å². The van der Waals surface area contributed by atoms with Crippen LogP contribution in [0.3, 0.4) is 0 Å². The number of H-pyrrole nitrogens is 1. The van der Waals surface area contributed by atoms with Crippen LogP contribution in [0.1, 0.15) is 37.9 Å². The summed E-state index contributed by atoms with van der Waals surface area (Å²) in [6, 6.07) is 4.25. The van der Waals surface area contributed by atoms with E-state index in [0.29, 0.717) is 11.9 Å². The zero-order valence-corrected chi connectivity index (χ0v) is 14.8. The summed E-state index contributed by atoms with van der Waals surface area (Å²) in [6.45, 7) is -0.108. The van der Waals surface area contributed by atoms with Gasteiger partial charge >= 0.3 is 0 Å². The van der Waals surface area contributed by atoms with Gasteiger partial charge in [-0.1, -0.05) is 19.3 Å². The number of hydrogen-bond acceptors (Lipinski definition) is 5. The molecule has 3 heterocycles. The second-order valence-corrected chi connectivity index (χ2v) is 5.63. The number of nitrogens with two attached hydrogens (primary N) is 1. The zero-order chi connectivity index (χ0) is 19.4. The molecule has 4 rings (SSSR count). The van der Waals surface area contributed by atoms with Crippen molar-refractivity contribution in [2.45, 2.75) is 44.8 Å². The van der Waals surface area contributed by atoms with Gasteiger partial charge in [0.25, 0.3) is 0 Å². The predicted molar refractivity (Wildman–Crippen MR) is 106 cm³/mol. The number of aromatic nitrogens is 4. The normalized spacial score (nSPS) is 13.5. The summed E-state index contributed by atoms with van der Waals surface area (Å²) in [4.78, 5) is 15.7. The number of aromatic amines is 1. The van der Waals surface area contributed by atoms with Crippen molar-refractivity contribution in [1.82, 2.24) is 19.9 Å². The lowest BCUT2D eigenvalue weighted by atomic mass is 9.97. The maximum atomic E-state index is 8.98. The van der Waals surface area contributed by atoms with Crippen molar-refractivity contribution in [3.63, 3.8) is 0 Å². The Kier molecular flexibility index (Phi) is 9.42. The number of pyridine rings is 2. The second kappa shape index (κ2) is 11.6. The number of rotatable bonds is 1. The molecule has 6 nitrogen and oxygen atoms in total. The molecule has 4 N–H and O–H groups in total. The number of fused-ring (bicyclic) bond motifs is 3. The number of terminal acetylenes is 2. The first kappa shape index (κ1) is 21.1. The molecule has 1 saturated carbocycles. The third kappa shape index (κ3) is 5.56. The molecule has 0 radical (unpaired) electrons. The van der Waals surface area contributed by atoms with Gasteiger partial charge in [0.15, 0.2) is 0 Å². The summed E-state index contributed by atoms with van der Waals surface area (Å²) in [5, 5.41) is 8.98. The number of aliphatic hydroxyl groups excluding tert-OH is 1. The van der Waals surface area contributed by atoms with Gasteiger partial charge in [-0.05, 0) is 25.0 Å². The predicted octanol–water partition coefficient (Wildman–Crippen LogP) is 2.78. The van der Waals surface area contributed by atoms with Crippen LogP contribution in [0.2, 0.25) is 0 Å². The Bertz CT molecular complexity index is 825. The molecule has 0 bridgehead atoms. The van der Waals surface area contributed by atoms with Crippen LogP contribution in [0.5, 0.6) is 0 Å². The molecular weight excluding hydrogens is 326 g/mol. The fourth-order valence-electron chi connectivity index (χ4n) is 2.74. The summed E-state index contributed by atoms with van der Waals surface area (Å²) >= 11 is 0. The molecule has 0 spiro atoms. The smallest absolute Gasteiger partial charge is 0.133 e. The van der Waals surface area contributed by atoms with Crippen LogP contribution < -0.4 is 5.73 Å². The fraction of sp³-hybridized carbons (Fsp3) is 0.350. The molecule has 0 saturated heterocycles. The van der Waals surface area contributed by atoms with Crippen molar-refractivity contribution < 1.29 is 5.11 Å². The molecule has 6 heteroatoms. The molecular formula is C20H25N5O. The van der Waals surface area contributed by atoms with Gasteiger partial charge in [0.2, 0.25) is 0 Å². The van der Waals surface area contributed by atoms with Gasteiger partial charge in [0, 0.05) is 12.2 Å².